The Bertz CT molecular complexity index is 648. The summed E-state index contributed by atoms with van der Waals surface area (Å²) in [6.07, 6.45) is 4.01. The highest BCUT2D eigenvalue weighted by atomic mass is 15.3. The van der Waals surface area contributed by atoms with Crippen molar-refractivity contribution in [3.05, 3.63) is 53.7 Å². The van der Waals surface area contributed by atoms with Gasteiger partial charge in [0.25, 0.3) is 0 Å². The summed E-state index contributed by atoms with van der Waals surface area (Å²) in [7, 11) is 0. The van der Waals surface area contributed by atoms with Crippen LogP contribution in [0.15, 0.2) is 47.5 Å². The van der Waals surface area contributed by atoms with E-state index in [4.69, 9.17) is 4.99 Å². The van der Waals surface area contributed by atoms with E-state index in [0.29, 0.717) is 0 Å². The number of hydrogen-bond acceptors (Lipinski definition) is 2. The van der Waals surface area contributed by atoms with E-state index in [2.05, 4.69) is 51.9 Å². The van der Waals surface area contributed by atoms with Crippen LogP contribution in [0.25, 0.3) is 0 Å². The number of hydrogen-bond donors (Lipinski definition) is 0. The lowest BCUT2D eigenvalue weighted by Crippen LogP contribution is -2.32. The Morgan fingerprint density at radius 1 is 0.810 bits per heavy atom. The van der Waals surface area contributed by atoms with Gasteiger partial charge in [-0.15, -0.1) is 0 Å². The minimum Gasteiger partial charge on any atom is -0.358 e. The Kier molecular flexibility index (Phi) is 3.26. The van der Waals surface area contributed by atoms with Crippen molar-refractivity contribution in [1.29, 1.82) is 0 Å². The van der Waals surface area contributed by atoms with Gasteiger partial charge in [-0.3, -0.25) is 4.99 Å². The summed E-state index contributed by atoms with van der Waals surface area (Å²) in [5.74, 6) is 1.38. The van der Waals surface area contributed by atoms with Crippen LogP contribution in [0.2, 0.25) is 0 Å². The summed E-state index contributed by atoms with van der Waals surface area (Å²) in [6, 6.07) is 15.1. The summed E-state index contributed by atoms with van der Waals surface area (Å²) in [5, 5.41) is 0. The van der Waals surface area contributed by atoms with Crippen molar-refractivity contribution in [2.24, 2.45) is 4.99 Å². The average molecular weight is 279 g/mol. The molecule has 3 heteroatoms. The molecule has 1 saturated heterocycles. The van der Waals surface area contributed by atoms with Crippen LogP contribution in [-0.2, 0) is 6.54 Å². The van der Waals surface area contributed by atoms with E-state index in [1.165, 1.54) is 49.4 Å². The highest BCUT2D eigenvalue weighted by Gasteiger charge is 2.21. The fourth-order valence-corrected chi connectivity index (χ4v) is 3.48. The van der Waals surface area contributed by atoms with E-state index >= 15 is 0 Å². The molecule has 21 heavy (non-hydrogen) atoms. The minimum absolute atomic E-state index is 0.882. The number of rotatable bonds is 2. The zero-order chi connectivity index (χ0) is 14.1. The highest BCUT2D eigenvalue weighted by Crippen LogP contribution is 2.26. The molecule has 1 aromatic carbocycles. The molecule has 2 aliphatic heterocycles. The second kappa shape index (κ2) is 5.40. The molecular formula is C18H21N3. The molecule has 0 bridgehead atoms. The Morgan fingerprint density at radius 3 is 2.43 bits per heavy atom. The van der Waals surface area contributed by atoms with Crippen molar-refractivity contribution < 1.29 is 0 Å². The molecule has 1 aromatic heterocycles. The van der Waals surface area contributed by atoms with Crippen LogP contribution in [0.3, 0.4) is 0 Å². The number of benzene rings is 1. The SMILES string of the molecule is c1ccc(C2=NCCn3c2ccc3N2CCCCC2)cc1. The molecule has 0 aliphatic carbocycles. The van der Waals surface area contributed by atoms with E-state index in [1.54, 1.807) is 0 Å². The van der Waals surface area contributed by atoms with Crippen molar-refractivity contribution in [1.82, 2.24) is 4.57 Å². The van der Waals surface area contributed by atoms with Gasteiger partial charge in [0.05, 0.1) is 18.0 Å². The van der Waals surface area contributed by atoms with Gasteiger partial charge in [0.1, 0.15) is 5.82 Å². The van der Waals surface area contributed by atoms with Crippen molar-refractivity contribution in [3.63, 3.8) is 0 Å². The van der Waals surface area contributed by atoms with Gasteiger partial charge in [0.2, 0.25) is 0 Å². The van der Waals surface area contributed by atoms with Crippen LogP contribution in [0.4, 0.5) is 5.82 Å². The number of nitrogens with zero attached hydrogens (tertiary/aromatic N) is 3. The second-order valence-corrected chi connectivity index (χ2v) is 5.87. The minimum atomic E-state index is 0.882. The van der Waals surface area contributed by atoms with Gasteiger partial charge in [-0.2, -0.15) is 0 Å². The first kappa shape index (κ1) is 12.7. The third kappa shape index (κ3) is 2.27. The summed E-state index contributed by atoms with van der Waals surface area (Å²) in [6.45, 7) is 4.28. The molecule has 0 radical (unpaired) electrons. The maximum atomic E-state index is 4.78. The van der Waals surface area contributed by atoms with Gasteiger partial charge in [-0.05, 0) is 31.4 Å². The molecule has 1 fully saturated rings. The molecule has 2 aliphatic rings. The number of aliphatic imine (C=N–C) groups is 1. The molecule has 3 heterocycles. The third-order valence-corrected chi connectivity index (χ3v) is 4.52. The number of fused-ring (bicyclic) bond motifs is 1. The Labute approximate surface area is 125 Å². The quantitative estimate of drug-likeness (QED) is 0.826. The molecule has 2 aromatic rings. The largest absolute Gasteiger partial charge is 0.358 e. The summed E-state index contributed by atoms with van der Waals surface area (Å²) in [5.41, 5.74) is 3.64. The first-order valence-electron chi connectivity index (χ1n) is 7.98. The van der Waals surface area contributed by atoms with Gasteiger partial charge in [-0.1, -0.05) is 30.3 Å². The zero-order valence-electron chi connectivity index (χ0n) is 12.3. The standard InChI is InChI=1S/C18H21N3/c1-3-7-15(8-4-1)18-16-9-10-17(21(16)14-11-19-18)20-12-5-2-6-13-20/h1,3-4,7-10H,2,5-6,11-14H2. The fourth-order valence-electron chi connectivity index (χ4n) is 3.48. The van der Waals surface area contributed by atoms with E-state index < -0.39 is 0 Å². The van der Waals surface area contributed by atoms with E-state index in [1.807, 2.05) is 0 Å². The van der Waals surface area contributed by atoms with Crippen molar-refractivity contribution >= 4 is 11.5 Å². The van der Waals surface area contributed by atoms with Gasteiger partial charge in [-0.25, -0.2) is 0 Å². The predicted octanol–water partition coefficient (Wildman–Crippen LogP) is 3.33. The van der Waals surface area contributed by atoms with Crippen LogP contribution in [0.5, 0.6) is 0 Å². The topological polar surface area (TPSA) is 20.5 Å². The van der Waals surface area contributed by atoms with Crippen molar-refractivity contribution in [2.75, 3.05) is 24.5 Å². The first-order chi connectivity index (χ1) is 10.4. The molecule has 0 atom stereocenters. The third-order valence-electron chi connectivity index (χ3n) is 4.52. The lowest BCUT2D eigenvalue weighted by Gasteiger charge is -2.31. The average Bonchev–Trinajstić information content (AvgIpc) is 3.00. The van der Waals surface area contributed by atoms with E-state index in [9.17, 15) is 0 Å². The maximum Gasteiger partial charge on any atom is 0.109 e. The van der Waals surface area contributed by atoms with Gasteiger partial charge in [0, 0.05) is 25.2 Å². The summed E-state index contributed by atoms with van der Waals surface area (Å²) in [4.78, 5) is 7.32. The highest BCUT2D eigenvalue weighted by molar-refractivity contribution is 6.12. The Balaban J connectivity index is 1.71. The molecule has 0 N–H and O–H groups in total. The monoisotopic (exact) mass is 279 g/mol. The smallest absolute Gasteiger partial charge is 0.109 e. The molecule has 108 valence electrons. The van der Waals surface area contributed by atoms with Crippen LogP contribution >= 0.6 is 0 Å². The van der Waals surface area contributed by atoms with Gasteiger partial charge in [0.15, 0.2) is 0 Å². The molecular weight excluding hydrogens is 258 g/mol. The second-order valence-electron chi connectivity index (χ2n) is 5.87. The fraction of sp³-hybridized carbons (Fsp3) is 0.389. The van der Waals surface area contributed by atoms with Crippen LogP contribution in [-0.4, -0.2) is 29.9 Å². The lowest BCUT2D eigenvalue weighted by atomic mass is 10.1. The summed E-state index contributed by atoms with van der Waals surface area (Å²) < 4.78 is 2.46. The zero-order valence-corrected chi connectivity index (χ0v) is 12.3. The maximum absolute atomic E-state index is 4.78. The molecule has 3 nitrogen and oxygen atoms in total. The normalized spacial score (nSPS) is 18.3. The van der Waals surface area contributed by atoms with E-state index in [0.717, 1.165) is 18.8 Å². The number of piperidine rings is 1. The first-order valence-corrected chi connectivity index (χ1v) is 7.98. The Morgan fingerprint density at radius 2 is 1.62 bits per heavy atom. The van der Waals surface area contributed by atoms with Crippen LogP contribution in [0, 0.1) is 0 Å². The number of anilines is 1. The molecule has 4 rings (SSSR count). The van der Waals surface area contributed by atoms with Gasteiger partial charge < -0.3 is 9.47 Å². The lowest BCUT2D eigenvalue weighted by molar-refractivity contribution is 0.557. The van der Waals surface area contributed by atoms with Gasteiger partial charge >= 0.3 is 0 Å². The Hall–Kier alpha value is -2.03. The van der Waals surface area contributed by atoms with E-state index in [-0.39, 0.29) is 0 Å². The predicted molar refractivity (Wildman–Crippen MR) is 87.4 cm³/mol. The molecule has 0 saturated carbocycles. The van der Waals surface area contributed by atoms with Crippen LogP contribution < -0.4 is 4.90 Å². The molecule has 0 spiro atoms. The van der Waals surface area contributed by atoms with Crippen LogP contribution in [0.1, 0.15) is 30.5 Å². The molecule has 0 amide bonds. The van der Waals surface area contributed by atoms with Crippen molar-refractivity contribution in [3.8, 4) is 0 Å². The summed E-state index contributed by atoms with van der Waals surface area (Å²) >= 11 is 0. The number of aromatic nitrogens is 1. The van der Waals surface area contributed by atoms with Crippen molar-refractivity contribution in [2.45, 2.75) is 25.8 Å². The molecule has 0 unspecified atom stereocenters.